The number of allylic oxidation sites excluding steroid dienone is 1. The monoisotopic (exact) mass is 486 g/mol. The zero-order valence-electron chi connectivity index (χ0n) is 20.7. The zero-order chi connectivity index (χ0) is 24.7. The largest absolute Gasteiger partial charge is 0.448 e. The lowest BCUT2D eigenvalue weighted by Crippen LogP contribution is -2.37. The number of hydrogen-bond donors (Lipinski definition) is 2. The molecule has 8 heteroatoms. The number of likely N-dealkylation sites (tertiary alicyclic amines) is 2. The first-order valence-electron chi connectivity index (χ1n) is 12.9. The second-order valence-electron chi connectivity index (χ2n) is 9.76. The number of hydrogen-bond acceptors (Lipinski definition) is 7. The van der Waals surface area contributed by atoms with E-state index in [4.69, 9.17) is 9.83 Å². The predicted octanol–water partition coefficient (Wildman–Crippen LogP) is 4.59. The Morgan fingerprint density at radius 3 is 2.64 bits per heavy atom. The quantitative estimate of drug-likeness (QED) is 0.452. The fraction of sp³-hybridized carbons (Fsp3) is 0.429. The van der Waals surface area contributed by atoms with E-state index in [9.17, 15) is 4.79 Å². The van der Waals surface area contributed by atoms with Crippen LogP contribution in [0.4, 0.5) is 5.82 Å². The Hall–Kier alpha value is -3.36. The van der Waals surface area contributed by atoms with E-state index in [0.29, 0.717) is 18.3 Å². The van der Waals surface area contributed by atoms with Gasteiger partial charge in [-0.3, -0.25) is 14.6 Å². The van der Waals surface area contributed by atoms with Crippen LogP contribution in [0.15, 0.2) is 53.4 Å². The summed E-state index contributed by atoms with van der Waals surface area (Å²) in [4.78, 5) is 26.3. The molecule has 2 aromatic heterocycles. The van der Waals surface area contributed by atoms with E-state index >= 15 is 0 Å². The van der Waals surface area contributed by atoms with Gasteiger partial charge in [0.05, 0.1) is 12.7 Å². The Bertz CT molecular complexity index is 1210. The lowest BCUT2D eigenvalue weighted by atomic mass is 9.96. The summed E-state index contributed by atoms with van der Waals surface area (Å²) in [6.07, 6.45) is 14.1. The summed E-state index contributed by atoms with van der Waals surface area (Å²) < 4.78 is 5.34. The number of fused-ring (bicyclic) bond motifs is 1. The van der Waals surface area contributed by atoms with Crippen LogP contribution in [0, 0.1) is 11.3 Å². The summed E-state index contributed by atoms with van der Waals surface area (Å²) in [5.41, 5.74) is 1.93. The molecular weight excluding hydrogens is 452 g/mol. The van der Waals surface area contributed by atoms with E-state index < -0.39 is 0 Å². The molecule has 1 aromatic carbocycles. The van der Waals surface area contributed by atoms with Gasteiger partial charge >= 0.3 is 0 Å². The van der Waals surface area contributed by atoms with Crippen molar-refractivity contribution in [3.63, 3.8) is 0 Å². The van der Waals surface area contributed by atoms with Gasteiger partial charge in [-0.15, -0.1) is 0 Å². The van der Waals surface area contributed by atoms with Crippen molar-refractivity contribution >= 4 is 34.3 Å². The molecule has 0 radical (unpaired) electrons. The fourth-order valence-electron chi connectivity index (χ4n) is 5.12. The normalized spacial score (nSPS) is 18.4. The number of nitrogens with zero attached hydrogens (tertiary/aromatic N) is 4. The highest BCUT2D eigenvalue weighted by Gasteiger charge is 2.26. The molecule has 5 rings (SSSR count). The third-order valence-electron chi connectivity index (χ3n) is 7.28. The highest BCUT2D eigenvalue weighted by Crippen LogP contribution is 2.24. The highest BCUT2D eigenvalue weighted by atomic mass is 16.3. The molecule has 4 heterocycles. The lowest BCUT2D eigenvalue weighted by molar-refractivity contribution is -0.121. The summed E-state index contributed by atoms with van der Waals surface area (Å²) in [7, 11) is 0. The number of piperidine rings is 2. The summed E-state index contributed by atoms with van der Waals surface area (Å²) in [6.45, 7) is 5.50. The van der Waals surface area contributed by atoms with Crippen LogP contribution < -0.4 is 5.32 Å². The smallest absolute Gasteiger partial charge is 0.228 e. The van der Waals surface area contributed by atoms with Gasteiger partial charge < -0.3 is 15.1 Å². The zero-order valence-corrected chi connectivity index (χ0v) is 20.7. The van der Waals surface area contributed by atoms with Gasteiger partial charge in [0.15, 0.2) is 0 Å². The van der Waals surface area contributed by atoms with Gasteiger partial charge in [-0.2, -0.15) is 0 Å². The van der Waals surface area contributed by atoms with Gasteiger partial charge in [-0.25, -0.2) is 9.97 Å². The summed E-state index contributed by atoms with van der Waals surface area (Å²) in [5, 5.41) is 13.0. The van der Waals surface area contributed by atoms with Gasteiger partial charge in [0.1, 0.15) is 12.1 Å². The minimum atomic E-state index is -0.0307. The van der Waals surface area contributed by atoms with Crippen molar-refractivity contribution in [1.82, 2.24) is 19.8 Å². The second kappa shape index (κ2) is 11.6. The van der Waals surface area contributed by atoms with Crippen LogP contribution in [0.3, 0.4) is 0 Å². The first-order chi connectivity index (χ1) is 17.7. The molecule has 2 N–H and O–H groups in total. The Morgan fingerprint density at radius 1 is 1.06 bits per heavy atom. The fourth-order valence-corrected chi connectivity index (χ4v) is 5.12. The number of nitrogens with one attached hydrogen (secondary N) is 2. The summed E-state index contributed by atoms with van der Waals surface area (Å²) in [5.74, 6) is 1.28. The number of benzene rings is 1. The molecule has 2 aliphatic rings. The molecule has 2 aliphatic heterocycles. The van der Waals surface area contributed by atoms with Crippen molar-refractivity contribution in [1.29, 1.82) is 5.41 Å². The number of aromatic nitrogens is 2. The molecule has 0 saturated carbocycles. The molecule has 2 fully saturated rings. The minimum absolute atomic E-state index is 0.0235. The number of carbonyl (C=O) groups excluding carboxylic acids is 1. The molecule has 0 unspecified atom stereocenters. The predicted molar refractivity (Wildman–Crippen MR) is 142 cm³/mol. The molecule has 8 nitrogen and oxygen atoms in total. The number of carbonyl (C=O) groups is 1. The van der Waals surface area contributed by atoms with Crippen LogP contribution in [-0.4, -0.2) is 64.6 Å². The maximum atomic E-state index is 12.9. The Morgan fingerprint density at radius 2 is 1.89 bits per heavy atom. The first kappa shape index (κ1) is 24.3. The van der Waals surface area contributed by atoms with Crippen LogP contribution in [0.25, 0.3) is 16.3 Å². The molecule has 188 valence electrons. The summed E-state index contributed by atoms with van der Waals surface area (Å²) in [6, 6.07) is 8.09. The molecule has 0 aliphatic carbocycles. The highest BCUT2D eigenvalue weighted by molar-refractivity contribution is 6.09. The minimum Gasteiger partial charge on any atom is -0.448 e. The van der Waals surface area contributed by atoms with Crippen molar-refractivity contribution in [3.05, 3.63) is 60.5 Å². The molecule has 0 bridgehead atoms. The van der Waals surface area contributed by atoms with Crippen molar-refractivity contribution in [3.8, 4) is 0 Å². The number of amides is 1. The van der Waals surface area contributed by atoms with Crippen molar-refractivity contribution < 1.29 is 9.21 Å². The second-order valence-corrected chi connectivity index (χ2v) is 9.76. The standard InChI is InChI=1S/C28H34N6O2/c29-18-23(8-12-33-10-2-1-3-11-33)22-4-5-24-19-31-26(17-25(24)16-22)32-28(35)21-6-13-34(14-7-21)20-27-30-9-15-36-27/h4-5,8-9,15-19,21,29H,1-3,6-7,10-14,20H2,(H,31,32,35)/b23-8-,29-18?. The third-order valence-corrected chi connectivity index (χ3v) is 7.28. The SMILES string of the molecule is N=C/C(=C/CN1CCCCC1)c1ccc2cnc(NC(=O)C3CCN(Cc4ncco4)CC3)cc2c1. The van der Waals surface area contributed by atoms with Gasteiger partial charge in [0, 0.05) is 30.3 Å². The van der Waals surface area contributed by atoms with Crippen molar-refractivity contribution in [2.75, 3.05) is 38.0 Å². The molecular formula is C28H34N6O2. The van der Waals surface area contributed by atoms with Crippen LogP contribution in [0.2, 0.25) is 0 Å². The number of rotatable bonds is 8. The molecule has 0 atom stereocenters. The van der Waals surface area contributed by atoms with Crippen LogP contribution in [0.5, 0.6) is 0 Å². The van der Waals surface area contributed by atoms with E-state index in [1.165, 1.54) is 25.5 Å². The van der Waals surface area contributed by atoms with Crippen molar-refractivity contribution in [2.45, 2.75) is 38.6 Å². The molecule has 0 spiro atoms. The van der Waals surface area contributed by atoms with E-state index in [-0.39, 0.29) is 11.8 Å². The molecule has 1 amide bonds. The lowest BCUT2D eigenvalue weighted by Gasteiger charge is -2.30. The maximum Gasteiger partial charge on any atom is 0.228 e. The van der Waals surface area contributed by atoms with E-state index in [1.54, 1.807) is 18.7 Å². The van der Waals surface area contributed by atoms with Gasteiger partial charge in [0.2, 0.25) is 11.8 Å². The summed E-state index contributed by atoms with van der Waals surface area (Å²) >= 11 is 0. The van der Waals surface area contributed by atoms with E-state index in [2.05, 4.69) is 37.2 Å². The number of oxazole rings is 1. The van der Waals surface area contributed by atoms with Crippen LogP contribution in [0.1, 0.15) is 43.6 Å². The number of pyridine rings is 1. The van der Waals surface area contributed by atoms with Crippen LogP contribution >= 0.6 is 0 Å². The number of anilines is 1. The first-order valence-corrected chi connectivity index (χ1v) is 12.9. The topological polar surface area (TPSA) is 98.4 Å². The Kier molecular flexibility index (Phi) is 7.83. The van der Waals surface area contributed by atoms with E-state index in [1.807, 2.05) is 18.2 Å². The van der Waals surface area contributed by atoms with E-state index in [0.717, 1.165) is 67.5 Å². The van der Waals surface area contributed by atoms with Gasteiger partial charge in [0.25, 0.3) is 0 Å². The molecule has 3 aromatic rings. The van der Waals surface area contributed by atoms with Gasteiger partial charge in [-0.1, -0.05) is 24.6 Å². The third kappa shape index (κ3) is 6.06. The van der Waals surface area contributed by atoms with Gasteiger partial charge in [-0.05, 0) is 80.5 Å². The Labute approximate surface area is 211 Å². The molecule has 2 saturated heterocycles. The van der Waals surface area contributed by atoms with Crippen molar-refractivity contribution in [2.24, 2.45) is 5.92 Å². The van der Waals surface area contributed by atoms with Crippen LogP contribution in [-0.2, 0) is 11.3 Å². The maximum absolute atomic E-state index is 12.9. The average molecular weight is 487 g/mol. The molecule has 36 heavy (non-hydrogen) atoms. The Balaban J connectivity index is 1.21. The average Bonchev–Trinajstić information content (AvgIpc) is 3.43.